The van der Waals surface area contributed by atoms with E-state index in [-0.39, 0.29) is 15.7 Å². The summed E-state index contributed by atoms with van der Waals surface area (Å²) in [5, 5.41) is 7.37. The topological polar surface area (TPSA) is 97.0 Å². The number of hydrogen-bond acceptors (Lipinski definition) is 5. The predicted octanol–water partition coefficient (Wildman–Crippen LogP) is 2.42. The maximum absolute atomic E-state index is 12.4. The van der Waals surface area contributed by atoms with Crippen molar-refractivity contribution in [1.29, 1.82) is 0 Å². The van der Waals surface area contributed by atoms with Crippen LogP contribution < -0.4 is 9.46 Å². The molecule has 22 heavy (non-hydrogen) atoms. The summed E-state index contributed by atoms with van der Waals surface area (Å²) in [5.74, 6) is 0.574. The van der Waals surface area contributed by atoms with Gasteiger partial charge < -0.3 is 4.74 Å². The van der Waals surface area contributed by atoms with Crippen molar-refractivity contribution in [2.24, 2.45) is 0 Å². The van der Waals surface area contributed by atoms with Crippen LogP contribution in [0, 0.1) is 0 Å². The minimum Gasteiger partial charge on any atom is -0.495 e. The van der Waals surface area contributed by atoms with Crippen LogP contribution in [-0.2, 0) is 10.0 Å². The third-order valence-corrected chi connectivity index (χ3v) is 4.63. The number of aromatic amines is 1. The van der Waals surface area contributed by atoms with Gasteiger partial charge in [0.15, 0.2) is 11.5 Å². The van der Waals surface area contributed by atoms with Crippen molar-refractivity contribution in [2.75, 3.05) is 11.8 Å². The lowest BCUT2D eigenvalue weighted by atomic mass is 10.3. The zero-order chi connectivity index (χ0) is 15.7. The Kier molecular flexibility index (Phi) is 3.63. The van der Waals surface area contributed by atoms with Gasteiger partial charge in [-0.2, -0.15) is 5.10 Å². The van der Waals surface area contributed by atoms with E-state index in [0.29, 0.717) is 16.8 Å². The van der Waals surface area contributed by atoms with Gasteiger partial charge in [0, 0.05) is 6.20 Å². The lowest BCUT2D eigenvalue weighted by Gasteiger charge is -2.08. The number of hydrogen-bond donors (Lipinski definition) is 2. The molecule has 9 heteroatoms. The van der Waals surface area contributed by atoms with Crippen molar-refractivity contribution in [3.8, 4) is 5.75 Å². The largest absolute Gasteiger partial charge is 0.495 e. The third kappa shape index (κ3) is 2.58. The smallest absolute Gasteiger partial charge is 0.263 e. The van der Waals surface area contributed by atoms with Gasteiger partial charge in [-0.05, 0) is 30.3 Å². The molecule has 0 spiro atoms. The molecule has 0 aliphatic rings. The quantitative estimate of drug-likeness (QED) is 0.761. The number of aromatic nitrogens is 3. The van der Waals surface area contributed by atoms with Gasteiger partial charge in [-0.1, -0.05) is 11.6 Å². The van der Waals surface area contributed by atoms with Gasteiger partial charge in [-0.25, -0.2) is 13.4 Å². The minimum absolute atomic E-state index is 0.0124. The Morgan fingerprint density at radius 1 is 1.32 bits per heavy atom. The van der Waals surface area contributed by atoms with Crippen molar-refractivity contribution in [2.45, 2.75) is 4.90 Å². The number of pyridine rings is 1. The van der Waals surface area contributed by atoms with Gasteiger partial charge in [-0.3, -0.25) is 9.82 Å². The lowest BCUT2D eigenvalue weighted by molar-refractivity contribution is 0.414. The molecule has 0 radical (unpaired) electrons. The molecule has 0 saturated heterocycles. The molecule has 0 saturated carbocycles. The van der Waals surface area contributed by atoms with Crippen LogP contribution in [0.25, 0.3) is 11.0 Å². The summed E-state index contributed by atoms with van der Waals surface area (Å²) >= 11 is 5.96. The first-order chi connectivity index (χ1) is 10.5. The zero-order valence-corrected chi connectivity index (χ0v) is 12.9. The summed E-state index contributed by atoms with van der Waals surface area (Å²) in [5.41, 5.74) is 0.493. The highest BCUT2D eigenvalue weighted by Crippen LogP contribution is 2.28. The SMILES string of the molecule is COc1ccc(S(=O)(=O)Nc2n[nH]c3ncccc23)cc1Cl. The van der Waals surface area contributed by atoms with Crippen molar-refractivity contribution >= 4 is 38.5 Å². The molecule has 7 nitrogen and oxygen atoms in total. The van der Waals surface area contributed by atoms with Gasteiger partial charge >= 0.3 is 0 Å². The third-order valence-electron chi connectivity index (χ3n) is 3.00. The number of nitrogens with one attached hydrogen (secondary N) is 2. The van der Waals surface area contributed by atoms with Gasteiger partial charge in [0.25, 0.3) is 10.0 Å². The number of nitrogens with zero attached hydrogens (tertiary/aromatic N) is 2. The summed E-state index contributed by atoms with van der Waals surface area (Å²) in [4.78, 5) is 4.06. The zero-order valence-electron chi connectivity index (χ0n) is 11.4. The number of fused-ring (bicyclic) bond motifs is 1. The highest BCUT2D eigenvalue weighted by Gasteiger charge is 2.19. The Morgan fingerprint density at radius 3 is 2.86 bits per heavy atom. The lowest BCUT2D eigenvalue weighted by Crippen LogP contribution is -2.13. The second-order valence-corrected chi connectivity index (χ2v) is 6.46. The van der Waals surface area contributed by atoms with E-state index >= 15 is 0 Å². The van der Waals surface area contributed by atoms with E-state index in [4.69, 9.17) is 16.3 Å². The first-order valence-electron chi connectivity index (χ1n) is 6.17. The fourth-order valence-electron chi connectivity index (χ4n) is 1.93. The van der Waals surface area contributed by atoms with E-state index in [1.165, 1.54) is 25.3 Å². The van der Waals surface area contributed by atoms with Crippen LogP contribution in [0.5, 0.6) is 5.75 Å². The average molecular weight is 339 g/mol. The van der Waals surface area contributed by atoms with E-state index in [2.05, 4.69) is 19.9 Å². The monoisotopic (exact) mass is 338 g/mol. The molecule has 2 N–H and O–H groups in total. The molecule has 3 aromatic rings. The first kappa shape index (κ1) is 14.6. The predicted molar refractivity (Wildman–Crippen MR) is 82.7 cm³/mol. The molecule has 0 amide bonds. The number of halogens is 1. The number of ether oxygens (including phenoxy) is 1. The van der Waals surface area contributed by atoms with Crippen LogP contribution in [0.3, 0.4) is 0 Å². The molecule has 0 aliphatic carbocycles. The molecule has 0 bridgehead atoms. The Labute approximate surface area is 131 Å². The Balaban J connectivity index is 1.98. The van der Waals surface area contributed by atoms with E-state index in [1.54, 1.807) is 18.3 Å². The maximum Gasteiger partial charge on any atom is 0.263 e. The Hall–Kier alpha value is -2.32. The van der Waals surface area contributed by atoms with Crippen LogP contribution in [-0.4, -0.2) is 30.7 Å². The molecule has 0 fully saturated rings. The number of sulfonamides is 1. The fraction of sp³-hybridized carbons (Fsp3) is 0.0769. The summed E-state index contributed by atoms with van der Waals surface area (Å²) in [6.07, 6.45) is 1.59. The second-order valence-electron chi connectivity index (χ2n) is 4.37. The first-order valence-corrected chi connectivity index (χ1v) is 8.03. The molecule has 114 valence electrons. The highest BCUT2D eigenvalue weighted by molar-refractivity contribution is 7.92. The molecule has 2 heterocycles. The van der Waals surface area contributed by atoms with Gasteiger partial charge in [-0.15, -0.1) is 0 Å². The highest BCUT2D eigenvalue weighted by atomic mass is 35.5. The van der Waals surface area contributed by atoms with Crippen molar-refractivity contribution in [3.63, 3.8) is 0 Å². The second kappa shape index (κ2) is 5.47. The van der Waals surface area contributed by atoms with E-state index < -0.39 is 10.0 Å². The number of H-pyrrole nitrogens is 1. The summed E-state index contributed by atoms with van der Waals surface area (Å²) in [6.45, 7) is 0. The molecule has 2 aromatic heterocycles. The van der Waals surface area contributed by atoms with Crippen LogP contribution in [0.2, 0.25) is 5.02 Å². The minimum atomic E-state index is -3.82. The Bertz CT molecular complexity index is 939. The van der Waals surface area contributed by atoms with E-state index in [9.17, 15) is 8.42 Å². The molecule has 1 aromatic carbocycles. The average Bonchev–Trinajstić information content (AvgIpc) is 2.90. The normalized spacial score (nSPS) is 11.5. The van der Waals surface area contributed by atoms with Crippen LogP contribution in [0.15, 0.2) is 41.4 Å². The number of benzene rings is 1. The molecule has 0 aliphatic heterocycles. The van der Waals surface area contributed by atoms with Gasteiger partial charge in [0.2, 0.25) is 0 Å². The fourth-order valence-corrected chi connectivity index (χ4v) is 3.30. The Morgan fingerprint density at radius 2 is 2.14 bits per heavy atom. The van der Waals surface area contributed by atoms with Gasteiger partial charge in [0.1, 0.15) is 5.75 Å². The summed E-state index contributed by atoms with van der Waals surface area (Å²) in [6, 6.07) is 7.61. The molecule has 0 atom stereocenters. The molecule has 3 rings (SSSR count). The van der Waals surface area contributed by atoms with Crippen molar-refractivity contribution in [1.82, 2.24) is 15.2 Å². The van der Waals surface area contributed by atoms with E-state index in [1.807, 2.05) is 0 Å². The van der Waals surface area contributed by atoms with Crippen molar-refractivity contribution < 1.29 is 13.2 Å². The van der Waals surface area contributed by atoms with Crippen molar-refractivity contribution in [3.05, 3.63) is 41.6 Å². The summed E-state index contributed by atoms with van der Waals surface area (Å²) in [7, 11) is -2.37. The van der Waals surface area contributed by atoms with Gasteiger partial charge in [0.05, 0.1) is 22.4 Å². The summed E-state index contributed by atoms with van der Waals surface area (Å²) < 4.78 is 32.2. The van der Waals surface area contributed by atoms with Crippen LogP contribution in [0.4, 0.5) is 5.82 Å². The molecular weight excluding hydrogens is 328 g/mol. The standard InChI is InChI=1S/C13H11ClN4O3S/c1-21-11-5-4-8(7-10(11)14)22(19,20)18-13-9-3-2-6-15-12(9)16-17-13/h2-7H,1H3,(H2,15,16,17,18). The number of methoxy groups -OCH3 is 1. The van der Waals surface area contributed by atoms with Crippen LogP contribution in [0.1, 0.15) is 0 Å². The molecular formula is C13H11ClN4O3S. The van der Waals surface area contributed by atoms with E-state index in [0.717, 1.165) is 0 Å². The maximum atomic E-state index is 12.4. The molecule has 0 unspecified atom stereocenters. The number of rotatable bonds is 4. The number of anilines is 1. The van der Waals surface area contributed by atoms with Crippen LogP contribution >= 0.6 is 11.6 Å².